The highest BCUT2D eigenvalue weighted by Crippen LogP contribution is 2.21. The summed E-state index contributed by atoms with van der Waals surface area (Å²) >= 11 is 0. The molecule has 2 aromatic rings. The molecule has 0 bridgehead atoms. The van der Waals surface area contributed by atoms with Crippen LogP contribution in [0, 0.1) is 19.7 Å². The number of halogens is 1. The highest BCUT2D eigenvalue weighted by atomic mass is 32.2. The third kappa shape index (κ3) is 3.01. The Morgan fingerprint density at radius 2 is 1.95 bits per heavy atom. The van der Waals surface area contributed by atoms with Crippen LogP contribution in [0.5, 0.6) is 0 Å². The Hall–Kier alpha value is -1.68. The van der Waals surface area contributed by atoms with Crippen molar-refractivity contribution >= 4 is 16.5 Å². The Morgan fingerprint density at radius 1 is 1.21 bits per heavy atom. The highest BCUT2D eigenvalue weighted by Gasteiger charge is 2.12. The van der Waals surface area contributed by atoms with Gasteiger partial charge in [-0.2, -0.15) is 0 Å². The van der Waals surface area contributed by atoms with Crippen LogP contribution in [-0.2, 0) is 16.6 Å². The first-order valence-electron chi connectivity index (χ1n) is 5.97. The van der Waals surface area contributed by atoms with Gasteiger partial charge in [0.05, 0.1) is 22.2 Å². The van der Waals surface area contributed by atoms with E-state index < -0.39 is 16.6 Å². The van der Waals surface area contributed by atoms with E-state index in [-0.39, 0.29) is 11.4 Å². The van der Waals surface area contributed by atoms with E-state index in [0.29, 0.717) is 5.56 Å². The average molecular weight is 277 g/mol. The quantitative estimate of drug-likeness (QED) is 0.874. The van der Waals surface area contributed by atoms with Gasteiger partial charge in [-0.1, -0.05) is 29.8 Å². The van der Waals surface area contributed by atoms with E-state index in [2.05, 4.69) is 0 Å². The van der Waals surface area contributed by atoms with Crippen molar-refractivity contribution in [2.75, 3.05) is 5.73 Å². The Bertz CT molecular complexity index is 640. The van der Waals surface area contributed by atoms with Crippen LogP contribution in [0.2, 0.25) is 0 Å². The minimum Gasteiger partial charge on any atom is -0.396 e. The van der Waals surface area contributed by atoms with E-state index >= 15 is 0 Å². The van der Waals surface area contributed by atoms with Crippen molar-refractivity contribution in [1.82, 2.24) is 0 Å². The third-order valence-electron chi connectivity index (χ3n) is 2.97. The van der Waals surface area contributed by atoms with E-state index in [9.17, 15) is 8.60 Å². The molecular formula is C15H16FNOS. The fraction of sp³-hybridized carbons (Fsp3) is 0.200. The molecule has 0 aliphatic carbocycles. The van der Waals surface area contributed by atoms with Gasteiger partial charge in [-0.05, 0) is 31.5 Å². The number of nitrogen functional groups attached to an aromatic ring is 1. The van der Waals surface area contributed by atoms with Gasteiger partial charge in [0.2, 0.25) is 0 Å². The van der Waals surface area contributed by atoms with Crippen molar-refractivity contribution in [2.45, 2.75) is 24.5 Å². The number of rotatable bonds is 3. The van der Waals surface area contributed by atoms with Crippen LogP contribution in [0.4, 0.5) is 10.1 Å². The summed E-state index contributed by atoms with van der Waals surface area (Å²) in [6.45, 7) is 3.90. The Kier molecular flexibility index (Phi) is 4.00. The molecule has 19 heavy (non-hydrogen) atoms. The van der Waals surface area contributed by atoms with Crippen LogP contribution in [0.25, 0.3) is 0 Å². The van der Waals surface area contributed by atoms with E-state index in [1.54, 1.807) is 12.1 Å². The summed E-state index contributed by atoms with van der Waals surface area (Å²) < 4.78 is 26.1. The summed E-state index contributed by atoms with van der Waals surface area (Å²) in [4.78, 5) is 0.743. The third-order valence-corrected chi connectivity index (χ3v) is 4.49. The molecule has 4 heteroatoms. The molecule has 0 aliphatic heterocycles. The molecule has 100 valence electrons. The van der Waals surface area contributed by atoms with Crippen molar-refractivity contribution in [2.24, 2.45) is 0 Å². The molecule has 0 fully saturated rings. The van der Waals surface area contributed by atoms with Crippen molar-refractivity contribution in [3.63, 3.8) is 0 Å². The second-order valence-electron chi connectivity index (χ2n) is 4.58. The first-order chi connectivity index (χ1) is 8.99. The number of benzene rings is 2. The van der Waals surface area contributed by atoms with E-state index in [4.69, 9.17) is 5.73 Å². The first kappa shape index (κ1) is 13.7. The van der Waals surface area contributed by atoms with Crippen LogP contribution in [0.1, 0.15) is 16.7 Å². The summed E-state index contributed by atoms with van der Waals surface area (Å²) in [5, 5.41) is 0. The fourth-order valence-corrected chi connectivity index (χ4v) is 3.28. The summed E-state index contributed by atoms with van der Waals surface area (Å²) in [5.41, 5.74) is 8.07. The lowest BCUT2D eigenvalue weighted by atomic mass is 10.2. The maximum Gasteiger partial charge on any atom is 0.150 e. The lowest BCUT2D eigenvalue weighted by Gasteiger charge is -2.08. The molecular weight excluding hydrogens is 261 g/mol. The van der Waals surface area contributed by atoms with Gasteiger partial charge >= 0.3 is 0 Å². The molecule has 0 heterocycles. The molecule has 1 atom stereocenters. The zero-order valence-corrected chi connectivity index (χ0v) is 11.8. The van der Waals surface area contributed by atoms with Gasteiger partial charge in [-0.25, -0.2) is 4.39 Å². The van der Waals surface area contributed by atoms with E-state index in [1.807, 2.05) is 32.0 Å². The normalized spacial score (nSPS) is 12.4. The number of anilines is 1. The molecule has 0 radical (unpaired) electrons. The molecule has 0 aromatic heterocycles. The summed E-state index contributed by atoms with van der Waals surface area (Å²) in [6, 6.07) is 10.5. The van der Waals surface area contributed by atoms with Crippen LogP contribution in [0.15, 0.2) is 41.3 Å². The number of hydrogen-bond donors (Lipinski definition) is 1. The predicted octanol–water partition coefficient (Wildman–Crippen LogP) is 3.33. The lowest BCUT2D eigenvalue weighted by molar-refractivity contribution is 0.620. The lowest BCUT2D eigenvalue weighted by Crippen LogP contribution is -2.03. The van der Waals surface area contributed by atoms with Crippen LogP contribution in [-0.4, -0.2) is 4.21 Å². The second kappa shape index (κ2) is 5.53. The van der Waals surface area contributed by atoms with Crippen molar-refractivity contribution < 1.29 is 8.60 Å². The minimum absolute atomic E-state index is 0.0927. The van der Waals surface area contributed by atoms with Gasteiger partial charge in [0, 0.05) is 10.5 Å². The molecule has 2 rings (SSSR count). The monoisotopic (exact) mass is 277 g/mol. The van der Waals surface area contributed by atoms with Gasteiger partial charge in [-0.15, -0.1) is 0 Å². The SMILES string of the molecule is Cc1ccc(S(=O)Cc2cccc(N)c2F)c(C)c1. The molecule has 2 aromatic carbocycles. The predicted molar refractivity (Wildman–Crippen MR) is 76.8 cm³/mol. The van der Waals surface area contributed by atoms with Gasteiger partial charge in [0.15, 0.2) is 0 Å². The van der Waals surface area contributed by atoms with Crippen molar-refractivity contribution in [1.29, 1.82) is 0 Å². The molecule has 2 N–H and O–H groups in total. The maximum absolute atomic E-state index is 13.8. The molecule has 0 saturated heterocycles. The molecule has 0 amide bonds. The zero-order chi connectivity index (χ0) is 14.0. The smallest absolute Gasteiger partial charge is 0.150 e. The van der Waals surface area contributed by atoms with Crippen LogP contribution in [0.3, 0.4) is 0 Å². The molecule has 0 aliphatic rings. The van der Waals surface area contributed by atoms with E-state index in [1.165, 1.54) is 6.07 Å². The van der Waals surface area contributed by atoms with Gasteiger partial charge in [-0.3, -0.25) is 4.21 Å². The van der Waals surface area contributed by atoms with Crippen LogP contribution < -0.4 is 5.73 Å². The number of hydrogen-bond acceptors (Lipinski definition) is 2. The van der Waals surface area contributed by atoms with Crippen molar-refractivity contribution in [3.05, 3.63) is 58.9 Å². The van der Waals surface area contributed by atoms with E-state index in [0.717, 1.165) is 16.0 Å². The van der Waals surface area contributed by atoms with Crippen LogP contribution >= 0.6 is 0 Å². The molecule has 0 saturated carbocycles. The standard InChI is InChI=1S/C15H16FNOS/c1-10-6-7-14(11(2)8-10)19(18)9-12-4-3-5-13(17)15(12)16/h3-8H,9,17H2,1-2H3. The maximum atomic E-state index is 13.8. The Labute approximate surface area is 114 Å². The largest absolute Gasteiger partial charge is 0.396 e. The fourth-order valence-electron chi connectivity index (χ4n) is 1.98. The second-order valence-corrected chi connectivity index (χ2v) is 6.00. The zero-order valence-electron chi connectivity index (χ0n) is 10.9. The summed E-state index contributed by atoms with van der Waals surface area (Å²) in [5.74, 6) is -0.332. The Balaban J connectivity index is 2.28. The van der Waals surface area contributed by atoms with Crippen molar-refractivity contribution in [3.8, 4) is 0 Å². The Morgan fingerprint density at radius 3 is 2.63 bits per heavy atom. The average Bonchev–Trinajstić information content (AvgIpc) is 2.34. The topological polar surface area (TPSA) is 43.1 Å². The summed E-state index contributed by atoms with van der Waals surface area (Å²) in [6.07, 6.45) is 0. The number of aryl methyl sites for hydroxylation is 2. The highest BCUT2D eigenvalue weighted by molar-refractivity contribution is 7.84. The first-order valence-corrected chi connectivity index (χ1v) is 7.29. The van der Waals surface area contributed by atoms with Gasteiger partial charge in [0.1, 0.15) is 5.82 Å². The molecule has 2 nitrogen and oxygen atoms in total. The molecule has 1 unspecified atom stereocenters. The van der Waals surface area contributed by atoms with Gasteiger partial charge in [0.25, 0.3) is 0 Å². The minimum atomic E-state index is -1.27. The summed E-state index contributed by atoms with van der Waals surface area (Å²) in [7, 11) is -1.27. The van der Waals surface area contributed by atoms with Gasteiger partial charge < -0.3 is 5.73 Å². The molecule has 0 spiro atoms. The number of nitrogens with two attached hydrogens (primary N) is 1.